The van der Waals surface area contributed by atoms with E-state index in [-0.39, 0.29) is 0 Å². The Hall–Kier alpha value is -1.00. The first-order chi connectivity index (χ1) is 9.08. The molecule has 4 heteroatoms. The Balaban J connectivity index is 2.13. The molecule has 0 bridgehead atoms. The predicted octanol–water partition coefficient (Wildman–Crippen LogP) is 3.15. The number of unbranched alkanes of at least 4 members (excludes halogenated alkanes) is 1. The van der Waals surface area contributed by atoms with E-state index in [0.29, 0.717) is 6.42 Å². The molecule has 1 aromatic carbocycles. The highest BCUT2D eigenvalue weighted by atomic mass is 32.2. The van der Waals surface area contributed by atoms with E-state index in [0.717, 1.165) is 24.3 Å². The number of likely N-dealkylation sites (N-methyl/N-ethyl adjacent to an activating group) is 1. The standard InChI is InChI=1S/C15H23NO2S/c1-15(16-2,14(17)18)10-6-7-11-19-12-13-8-4-3-5-9-13/h3-5,8-9,16H,6-7,10-12H2,1-2H3,(H,17,18). The van der Waals surface area contributed by atoms with Crippen LogP contribution >= 0.6 is 11.8 Å². The van der Waals surface area contributed by atoms with Crippen molar-refractivity contribution in [3.63, 3.8) is 0 Å². The third kappa shape index (κ3) is 5.66. The highest BCUT2D eigenvalue weighted by Gasteiger charge is 2.29. The van der Waals surface area contributed by atoms with E-state index in [1.165, 1.54) is 5.56 Å². The highest BCUT2D eigenvalue weighted by molar-refractivity contribution is 7.98. The smallest absolute Gasteiger partial charge is 0.323 e. The lowest BCUT2D eigenvalue weighted by atomic mass is 9.95. The Kier molecular flexibility index (Phi) is 6.95. The molecule has 0 aliphatic carbocycles. The molecule has 2 N–H and O–H groups in total. The predicted molar refractivity (Wildman–Crippen MR) is 81.6 cm³/mol. The first kappa shape index (κ1) is 16.1. The van der Waals surface area contributed by atoms with Gasteiger partial charge in [-0.15, -0.1) is 0 Å². The number of rotatable bonds is 9. The van der Waals surface area contributed by atoms with Gasteiger partial charge in [0.1, 0.15) is 5.54 Å². The fourth-order valence-electron chi connectivity index (χ4n) is 1.79. The lowest BCUT2D eigenvalue weighted by Gasteiger charge is -2.23. The van der Waals surface area contributed by atoms with E-state index in [2.05, 4.69) is 29.6 Å². The second kappa shape index (κ2) is 8.23. The second-order valence-electron chi connectivity index (χ2n) is 4.88. The van der Waals surface area contributed by atoms with Gasteiger partial charge in [-0.1, -0.05) is 36.8 Å². The number of aliphatic carboxylic acids is 1. The Bertz CT molecular complexity index is 383. The molecule has 0 radical (unpaired) electrons. The molecular formula is C15H23NO2S. The van der Waals surface area contributed by atoms with E-state index in [4.69, 9.17) is 5.11 Å². The minimum Gasteiger partial charge on any atom is -0.480 e. The Morgan fingerprint density at radius 2 is 2.00 bits per heavy atom. The minimum absolute atomic E-state index is 0.671. The van der Waals surface area contributed by atoms with Crippen molar-refractivity contribution >= 4 is 17.7 Å². The van der Waals surface area contributed by atoms with Crippen LogP contribution in [0.3, 0.4) is 0 Å². The van der Waals surface area contributed by atoms with E-state index in [1.807, 2.05) is 17.8 Å². The highest BCUT2D eigenvalue weighted by Crippen LogP contribution is 2.17. The van der Waals surface area contributed by atoms with Gasteiger partial charge >= 0.3 is 5.97 Å². The van der Waals surface area contributed by atoms with Gasteiger partial charge in [0.25, 0.3) is 0 Å². The lowest BCUT2D eigenvalue weighted by molar-refractivity contribution is -0.144. The summed E-state index contributed by atoms with van der Waals surface area (Å²) in [5.41, 5.74) is 0.558. The average Bonchev–Trinajstić information content (AvgIpc) is 2.43. The van der Waals surface area contributed by atoms with Gasteiger partial charge < -0.3 is 10.4 Å². The number of carboxylic acids is 1. The van der Waals surface area contributed by atoms with Gasteiger partial charge in [0, 0.05) is 5.75 Å². The van der Waals surface area contributed by atoms with Crippen LogP contribution < -0.4 is 5.32 Å². The molecule has 3 nitrogen and oxygen atoms in total. The first-order valence-electron chi connectivity index (χ1n) is 6.62. The summed E-state index contributed by atoms with van der Waals surface area (Å²) in [7, 11) is 1.71. The average molecular weight is 281 g/mol. The van der Waals surface area contributed by atoms with Gasteiger partial charge in [-0.3, -0.25) is 4.79 Å². The molecule has 0 saturated heterocycles. The van der Waals surface area contributed by atoms with Crippen molar-refractivity contribution in [2.24, 2.45) is 0 Å². The van der Waals surface area contributed by atoms with Crippen molar-refractivity contribution in [2.75, 3.05) is 12.8 Å². The van der Waals surface area contributed by atoms with Crippen molar-refractivity contribution in [3.05, 3.63) is 35.9 Å². The van der Waals surface area contributed by atoms with Gasteiger partial charge in [-0.25, -0.2) is 0 Å². The Morgan fingerprint density at radius 3 is 2.58 bits per heavy atom. The van der Waals surface area contributed by atoms with Crippen molar-refractivity contribution < 1.29 is 9.90 Å². The summed E-state index contributed by atoms with van der Waals surface area (Å²) >= 11 is 1.91. The summed E-state index contributed by atoms with van der Waals surface area (Å²) in [5, 5.41) is 12.0. The van der Waals surface area contributed by atoms with Gasteiger partial charge in [0.05, 0.1) is 0 Å². The summed E-state index contributed by atoms with van der Waals surface area (Å²) in [4.78, 5) is 11.1. The molecule has 0 fully saturated rings. The SMILES string of the molecule is CNC(C)(CCCCSCc1ccccc1)C(=O)O. The normalized spacial score (nSPS) is 14.0. The molecule has 106 valence electrons. The van der Waals surface area contributed by atoms with Crippen LogP contribution in [0.5, 0.6) is 0 Å². The third-order valence-corrected chi connectivity index (χ3v) is 4.47. The number of hydrogen-bond acceptors (Lipinski definition) is 3. The van der Waals surface area contributed by atoms with Crippen LogP contribution in [0.15, 0.2) is 30.3 Å². The topological polar surface area (TPSA) is 49.3 Å². The molecule has 1 atom stereocenters. The zero-order valence-electron chi connectivity index (χ0n) is 11.7. The first-order valence-corrected chi connectivity index (χ1v) is 7.78. The van der Waals surface area contributed by atoms with E-state index < -0.39 is 11.5 Å². The number of thioether (sulfide) groups is 1. The maximum atomic E-state index is 11.1. The van der Waals surface area contributed by atoms with Crippen molar-refractivity contribution in [3.8, 4) is 0 Å². The molecule has 0 aromatic heterocycles. The summed E-state index contributed by atoms with van der Waals surface area (Å²) in [6.07, 6.45) is 2.66. The lowest BCUT2D eigenvalue weighted by Crippen LogP contribution is -2.47. The zero-order chi connectivity index (χ0) is 14.1. The summed E-state index contributed by atoms with van der Waals surface area (Å²) in [6.45, 7) is 1.74. The number of benzene rings is 1. The monoisotopic (exact) mass is 281 g/mol. The largest absolute Gasteiger partial charge is 0.480 e. The fraction of sp³-hybridized carbons (Fsp3) is 0.533. The van der Waals surface area contributed by atoms with Gasteiger partial charge in [-0.2, -0.15) is 11.8 Å². The fourth-order valence-corrected chi connectivity index (χ4v) is 2.77. The summed E-state index contributed by atoms with van der Waals surface area (Å²) < 4.78 is 0. The zero-order valence-corrected chi connectivity index (χ0v) is 12.5. The van der Waals surface area contributed by atoms with Crippen molar-refractivity contribution in [1.82, 2.24) is 5.32 Å². The molecule has 0 spiro atoms. The number of nitrogens with one attached hydrogen (secondary N) is 1. The van der Waals surface area contributed by atoms with E-state index >= 15 is 0 Å². The van der Waals surface area contributed by atoms with Crippen LogP contribution in [0.25, 0.3) is 0 Å². The number of hydrogen-bond donors (Lipinski definition) is 2. The number of carboxylic acid groups (broad SMARTS) is 1. The van der Waals surface area contributed by atoms with Gasteiger partial charge in [0.15, 0.2) is 0 Å². The van der Waals surface area contributed by atoms with Crippen LogP contribution in [0.4, 0.5) is 0 Å². The maximum absolute atomic E-state index is 11.1. The molecule has 0 saturated carbocycles. The molecule has 19 heavy (non-hydrogen) atoms. The Morgan fingerprint density at radius 1 is 1.32 bits per heavy atom. The maximum Gasteiger partial charge on any atom is 0.323 e. The van der Waals surface area contributed by atoms with Crippen LogP contribution in [0.1, 0.15) is 31.7 Å². The minimum atomic E-state index is -0.788. The van der Waals surface area contributed by atoms with Crippen LogP contribution in [0.2, 0.25) is 0 Å². The van der Waals surface area contributed by atoms with Gasteiger partial charge in [-0.05, 0) is 38.1 Å². The summed E-state index contributed by atoms with van der Waals surface area (Å²) in [6, 6.07) is 10.4. The molecule has 0 heterocycles. The van der Waals surface area contributed by atoms with Gasteiger partial charge in [0.2, 0.25) is 0 Å². The molecule has 0 aliphatic heterocycles. The molecule has 1 rings (SSSR count). The van der Waals surface area contributed by atoms with Crippen LogP contribution in [0, 0.1) is 0 Å². The Labute approximate surface area is 119 Å². The van der Waals surface area contributed by atoms with E-state index in [9.17, 15) is 4.79 Å². The molecule has 0 aliphatic rings. The van der Waals surface area contributed by atoms with Crippen molar-refractivity contribution in [2.45, 2.75) is 37.5 Å². The van der Waals surface area contributed by atoms with Crippen molar-refractivity contribution in [1.29, 1.82) is 0 Å². The summed E-state index contributed by atoms with van der Waals surface area (Å²) in [5.74, 6) is 1.34. The van der Waals surface area contributed by atoms with Crippen LogP contribution in [-0.2, 0) is 10.5 Å². The quantitative estimate of drug-likeness (QED) is 0.683. The van der Waals surface area contributed by atoms with Crippen LogP contribution in [-0.4, -0.2) is 29.4 Å². The molecular weight excluding hydrogens is 258 g/mol. The number of carbonyl (C=O) groups is 1. The molecule has 1 unspecified atom stereocenters. The molecule has 1 aromatic rings. The third-order valence-electron chi connectivity index (χ3n) is 3.35. The molecule has 0 amide bonds. The second-order valence-corrected chi connectivity index (χ2v) is 5.99. The van der Waals surface area contributed by atoms with E-state index in [1.54, 1.807) is 14.0 Å².